The molecule has 17 heavy (non-hydrogen) atoms. The van der Waals surface area contributed by atoms with Gasteiger partial charge >= 0.3 is 0 Å². The Morgan fingerprint density at radius 1 is 1.59 bits per heavy atom. The van der Waals surface area contributed by atoms with Crippen LogP contribution in [-0.2, 0) is 10.0 Å². The molecular formula is C11H19N3O2S. The fourth-order valence-corrected chi connectivity index (χ4v) is 3.17. The zero-order valence-electron chi connectivity index (χ0n) is 10.2. The van der Waals surface area contributed by atoms with Crippen LogP contribution in [0.15, 0.2) is 11.2 Å². The van der Waals surface area contributed by atoms with E-state index >= 15 is 0 Å². The van der Waals surface area contributed by atoms with Crippen LogP contribution in [0.4, 0.5) is 0 Å². The maximum atomic E-state index is 12.0. The number of hydrogen-bond acceptors (Lipinski definition) is 3. The van der Waals surface area contributed by atoms with Crippen LogP contribution >= 0.6 is 0 Å². The molecule has 0 spiro atoms. The predicted octanol–water partition coefficient (Wildman–Crippen LogP) is 1.58. The average Bonchev–Trinajstić information content (AvgIpc) is 2.96. The zero-order chi connectivity index (χ0) is 12.5. The zero-order valence-corrected chi connectivity index (χ0v) is 11.0. The molecule has 0 amide bonds. The van der Waals surface area contributed by atoms with Crippen molar-refractivity contribution in [2.45, 2.75) is 50.6 Å². The van der Waals surface area contributed by atoms with Gasteiger partial charge in [-0.1, -0.05) is 19.8 Å². The average molecular weight is 257 g/mol. The Hall–Kier alpha value is -0.880. The minimum atomic E-state index is -3.44. The van der Waals surface area contributed by atoms with Crippen LogP contribution in [0.2, 0.25) is 0 Å². The van der Waals surface area contributed by atoms with Gasteiger partial charge in [-0.2, -0.15) is 0 Å². The number of aromatic amines is 1. The van der Waals surface area contributed by atoms with Gasteiger partial charge in [0.05, 0.1) is 6.20 Å². The van der Waals surface area contributed by atoms with E-state index in [4.69, 9.17) is 0 Å². The SMILES string of the molecule is CCC(CC1CC1)NS(=O)(=O)c1cnc(C)[nH]1. The molecule has 0 bridgehead atoms. The van der Waals surface area contributed by atoms with Gasteiger partial charge in [-0.15, -0.1) is 0 Å². The fourth-order valence-electron chi connectivity index (χ4n) is 1.87. The van der Waals surface area contributed by atoms with Gasteiger partial charge in [-0.3, -0.25) is 0 Å². The Labute approximate surface area is 102 Å². The summed E-state index contributed by atoms with van der Waals surface area (Å²) in [6.45, 7) is 3.74. The molecule has 1 unspecified atom stereocenters. The summed E-state index contributed by atoms with van der Waals surface area (Å²) in [5, 5.41) is 0.157. The molecule has 1 aliphatic carbocycles. The topological polar surface area (TPSA) is 74.8 Å². The van der Waals surface area contributed by atoms with Crippen LogP contribution in [0.3, 0.4) is 0 Å². The second kappa shape index (κ2) is 4.78. The van der Waals surface area contributed by atoms with E-state index in [1.165, 1.54) is 19.0 Å². The number of aromatic nitrogens is 2. The predicted molar refractivity (Wildman–Crippen MR) is 65.1 cm³/mol. The minimum Gasteiger partial charge on any atom is -0.332 e. The Morgan fingerprint density at radius 3 is 2.76 bits per heavy atom. The van der Waals surface area contributed by atoms with E-state index in [0.717, 1.165) is 12.8 Å². The van der Waals surface area contributed by atoms with E-state index in [9.17, 15) is 8.42 Å². The molecule has 0 aliphatic heterocycles. The summed E-state index contributed by atoms with van der Waals surface area (Å²) in [7, 11) is -3.44. The van der Waals surface area contributed by atoms with Gasteiger partial charge in [-0.25, -0.2) is 18.1 Å². The van der Waals surface area contributed by atoms with Crippen LogP contribution in [0.1, 0.15) is 38.4 Å². The van der Waals surface area contributed by atoms with E-state index in [1.807, 2.05) is 6.92 Å². The summed E-state index contributed by atoms with van der Waals surface area (Å²) in [5.74, 6) is 1.33. The molecule has 1 fully saturated rings. The van der Waals surface area contributed by atoms with Crippen LogP contribution in [0.5, 0.6) is 0 Å². The van der Waals surface area contributed by atoms with Gasteiger partial charge in [0, 0.05) is 6.04 Å². The molecule has 0 radical (unpaired) electrons. The first kappa shape index (κ1) is 12.6. The van der Waals surface area contributed by atoms with Crippen molar-refractivity contribution in [3.05, 3.63) is 12.0 Å². The largest absolute Gasteiger partial charge is 0.332 e. The first-order chi connectivity index (χ1) is 8.01. The van der Waals surface area contributed by atoms with Gasteiger partial charge < -0.3 is 4.98 Å². The van der Waals surface area contributed by atoms with Crippen LogP contribution in [0.25, 0.3) is 0 Å². The lowest BCUT2D eigenvalue weighted by molar-refractivity contribution is 0.494. The number of sulfonamides is 1. The molecule has 0 aromatic carbocycles. The van der Waals surface area contributed by atoms with Gasteiger partial charge in [0.2, 0.25) is 0 Å². The van der Waals surface area contributed by atoms with Crippen molar-refractivity contribution in [3.8, 4) is 0 Å². The lowest BCUT2D eigenvalue weighted by Crippen LogP contribution is -2.35. The molecule has 2 N–H and O–H groups in total. The van der Waals surface area contributed by atoms with Gasteiger partial charge in [0.15, 0.2) is 5.03 Å². The summed E-state index contributed by atoms with van der Waals surface area (Å²) in [6, 6.07) is 0.0381. The Morgan fingerprint density at radius 2 is 2.29 bits per heavy atom. The highest BCUT2D eigenvalue weighted by atomic mass is 32.2. The number of imidazole rings is 1. The maximum Gasteiger partial charge on any atom is 0.257 e. The highest BCUT2D eigenvalue weighted by molar-refractivity contribution is 7.89. The summed E-state index contributed by atoms with van der Waals surface area (Å²) >= 11 is 0. The Kier molecular flexibility index (Phi) is 3.53. The van der Waals surface area contributed by atoms with Crippen molar-refractivity contribution in [2.24, 2.45) is 5.92 Å². The third-order valence-corrected chi connectivity index (χ3v) is 4.53. The van der Waals surface area contributed by atoms with Crippen LogP contribution in [0, 0.1) is 12.8 Å². The summed E-state index contributed by atoms with van der Waals surface area (Å²) in [6.07, 6.45) is 5.61. The monoisotopic (exact) mass is 257 g/mol. The molecule has 1 aromatic rings. The molecule has 6 heteroatoms. The van der Waals surface area contributed by atoms with Crippen LogP contribution < -0.4 is 4.72 Å². The first-order valence-electron chi connectivity index (χ1n) is 6.05. The molecule has 5 nitrogen and oxygen atoms in total. The van der Waals surface area contributed by atoms with Gasteiger partial charge in [0.1, 0.15) is 5.82 Å². The minimum absolute atomic E-state index is 0.0381. The normalized spacial score (nSPS) is 18.2. The third-order valence-electron chi connectivity index (χ3n) is 3.10. The van der Waals surface area contributed by atoms with Crippen molar-refractivity contribution in [3.63, 3.8) is 0 Å². The second-order valence-corrected chi connectivity index (χ2v) is 6.42. The molecule has 0 saturated heterocycles. The summed E-state index contributed by atoms with van der Waals surface area (Å²) in [5.41, 5.74) is 0. The molecule has 1 heterocycles. The summed E-state index contributed by atoms with van der Waals surface area (Å²) in [4.78, 5) is 6.67. The van der Waals surface area contributed by atoms with Gasteiger partial charge in [0.25, 0.3) is 10.0 Å². The lowest BCUT2D eigenvalue weighted by atomic mass is 10.1. The molecule has 96 valence electrons. The number of nitrogens with zero attached hydrogens (tertiary/aromatic N) is 1. The highest BCUT2D eigenvalue weighted by Gasteiger charge is 2.28. The van der Waals surface area contributed by atoms with Gasteiger partial charge in [-0.05, 0) is 25.7 Å². The van der Waals surface area contributed by atoms with Crippen molar-refractivity contribution >= 4 is 10.0 Å². The van der Waals surface area contributed by atoms with Crippen LogP contribution in [-0.4, -0.2) is 24.4 Å². The summed E-state index contributed by atoms with van der Waals surface area (Å²) < 4.78 is 26.8. The third kappa shape index (κ3) is 3.29. The molecule has 1 aliphatic rings. The molecule has 2 rings (SSSR count). The molecule has 1 saturated carbocycles. The van der Waals surface area contributed by atoms with E-state index in [2.05, 4.69) is 14.7 Å². The number of rotatable bonds is 6. The molecule has 1 atom stereocenters. The smallest absolute Gasteiger partial charge is 0.257 e. The van der Waals surface area contributed by atoms with Crippen molar-refractivity contribution in [2.75, 3.05) is 0 Å². The quantitative estimate of drug-likeness (QED) is 0.812. The highest BCUT2D eigenvalue weighted by Crippen LogP contribution is 2.34. The Bertz CT molecular complexity index is 477. The number of H-pyrrole nitrogens is 1. The number of aryl methyl sites for hydroxylation is 1. The lowest BCUT2D eigenvalue weighted by Gasteiger charge is -2.15. The van der Waals surface area contributed by atoms with Crippen molar-refractivity contribution < 1.29 is 8.42 Å². The molecule has 1 aromatic heterocycles. The van der Waals surface area contributed by atoms with E-state index in [-0.39, 0.29) is 11.1 Å². The van der Waals surface area contributed by atoms with Crippen molar-refractivity contribution in [1.29, 1.82) is 0 Å². The number of nitrogens with one attached hydrogen (secondary N) is 2. The number of hydrogen-bond donors (Lipinski definition) is 2. The Balaban J connectivity index is 2.04. The van der Waals surface area contributed by atoms with E-state index < -0.39 is 10.0 Å². The van der Waals surface area contributed by atoms with Crippen molar-refractivity contribution in [1.82, 2.24) is 14.7 Å². The standard InChI is InChI=1S/C11H19N3O2S/c1-3-10(6-9-4-5-9)14-17(15,16)11-7-12-8(2)13-11/h7,9-10,14H,3-6H2,1-2H3,(H,12,13). The first-order valence-corrected chi connectivity index (χ1v) is 7.53. The second-order valence-electron chi connectivity index (χ2n) is 4.74. The van der Waals surface area contributed by atoms with E-state index in [1.54, 1.807) is 6.92 Å². The van der Waals surface area contributed by atoms with E-state index in [0.29, 0.717) is 11.7 Å². The maximum absolute atomic E-state index is 12.0. The fraction of sp³-hybridized carbons (Fsp3) is 0.727. The molecular weight excluding hydrogens is 238 g/mol.